The van der Waals surface area contributed by atoms with E-state index in [1.54, 1.807) is 16.4 Å². The van der Waals surface area contributed by atoms with Crippen molar-refractivity contribution in [3.63, 3.8) is 0 Å². The van der Waals surface area contributed by atoms with Crippen LogP contribution in [0.25, 0.3) is 0 Å². The summed E-state index contributed by atoms with van der Waals surface area (Å²) in [4.78, 5) is 0.471. The average Bonchev–Trinajstić information content (AvgIpc) is 2.47. The molecule has 0 saturated carbocycles. The standard InChI is InChI=1S/C14H21NO2S/c1-10(2)15-13(14(3,4)5)11-8-6-7-9-12(11)18(15,16)17/h6-10,13H,1-5H3. The van der Waals surface area contributed by atoms with Gasteiger partial charge in [-0.05, 0) is 30.9 Å². The molecule has 0 radical (unpaired) electrons. The Kier molecular flexibility index (Phi) is 3.06. The van der Waals surface area contributed by atoms with Crippen LogP contribution in [0.3, 0.4) is 0 Å². The fourth-order valence-corrected chi connectivity index (χ4v) is 4.97. The summed E-state index contributed by atoms with van der Waals surface area (Å²) in [6, 6.07) is 7.23. The smallest absolute Gasteiger partial charge is 0.207 e. The van der Waals surface area contributed by atoms with Crippen molar-refractivity contribution in [2.24, 2.45) is 5.41 Å². The van der Waals surface area contributed by atoms with Gasteiger partial charge in [0.25, 0.3) is 0 Å². The lowest BCUT2D eigenvalue weighted by Crippen LogP contribution is -2.39. The van der Waals surface area contributed by atoms with Gasteiger partial charge in [0.15, 0.2) is 0 Å². The molecule has 18 heavy (non-hydrogen) atoms. The molecule has 1 atom stereocenters. The van der Waals surface area contributed by atoms with Crippen LogP contribution in [0.2, 0.25) is 0 Å². The third-order valence-corrected chi connectivity index (χ3v) is 5.47. The monoisotopic (exact) mass is 267 g/mol. The summed E-state index contributed by atoms with van der Waals surface area (Å²) in [5, 5.41) is 0. The van der Waals surface area contributed by atoms with E-state index in [1.165, 1.54) is 0 Å². The highest BCUT2D eigenvalue weighted by Gasteiger charge is 2.48. The molecule has 0 bridgehead atoms. The Morgan fingerprint density at radius 2 is 1.72 bits per heavy atom. The third-order valence-electron chi connectivity index (χ3n) is 3.35. The normalized spacial score (nSPS) is 23.3. The predicted octanol–water partition coefficient (Wildman–Crippen LogP) is 3.19. The number of hydrogen-bond donors (Lipinski definition) is 0. The van der Waals surface area contributed by atoms with E-state index >= 15 is 0 Å². The van der Waals surface area contributed by atoms with Crippen molar-refractivity contribution in [1.29, 1.82) is 0 Å². The molecule has 0 aliphatic carbocycles. The second-order valence-electron chi connectivity index (χ2n) is 6.24. The Bertz CT molecular complexity index is 555. The molecule has 0 aromatic heterocycles. The maximum absolute atomic E-state index is 12.6. The van der Waals surface area contributed by atoms with E-state index in [2.05, 4.69) is 20.8 Å². The molecular formula is C14H21NO2S. The van der Waals surface area contributed by atoms with E-state index in [9.17, 15) is 8.42 Å². The largest absolute Gasteiger partial charge is 0.244 e. The maximum atomic E-state index is 12.6. The highest BCUT2D eigenvalue weighted by atomic mass is 32.2. The topological polar surface area (TPSA) is 37.4 Å². The summed E-state index contributed by atoms with van der Waals surface area (Å²) in [5.41, 5.74) is 0.808. The fraction of sp³-hybridized carbons (Fsp3) is 0.571. The van der Waals surface area contributed by atoms with Crippen molar-refractivity contribution in [2.75, 3.05) is 0 Å². The van der Waals surface area contributed by atoms with E-state index in [-0.39, 0.29) is 17.5 Å². The van der Waals surface area contributed by atoms with Gasteiger partial charge in [-0.3, -0.25) is 0 Å². The lowest BCUT2D eigenvalue weighted by molar-refractivity contribution is 0.162. The molecular weight excluding hydrogens is 246 g/mol. The molecule has 4 heteroatoms. The highest BCUT2D eigenvalue weighted by molar-refractivity contribution is 7.89. The Balaban J connectivity index is 2.72. The summed E-state index contributed by atoms with van der Waals surface area (Å²) in [6.45, 7) is 10.1. The van der Waals surface area contributed by atoms with Gasteiger partial charge in [-0.25, -0.2) is 8.42 Å². The Morgan fingerprint density at radius 3 is 2.22 bits per heavy atom. The molecule has 1 unspecified atom stereocenters. The number of hydrogen-bond acceptors (Lipinski definition) is 2. The predicted molar refractivity (Wildman–Crippen MR) is 72.8 cm³/mol. The van der Waals surface area contributed by atoms with Gasteiger partial charge in [-0.15, -0.1) is 0 Å². The molecule has 0 amide bonds. The second kappa shape index (κ2) is 4.07. The van der Waals surface area contributed by atoms with Crippen LogP contribution in [0.1, 0.15) is 46.2 Å². The molecule has 2 rings (SSSR count). The number of sulfonamides is 1. The van der Waals surface area contributed by atoms with E-state index in [0.29, 0.717) is 4.90 Å². The van der Waals surface area contributed by atoms with Crippen molar-refractivity contribution in [3.05, 3.63) is 29.8 Å². The van der Waals surface area contributed by atoms with Crippen LogP contribution in [0, 0.1) is 5.41 Å². The maximum Gasteiger partial charge on any atom is 0.244 e. The zero-order valence-corrected chi connectivity index (χ0v) is 12.5. The average molecular weight is 267 g/mol. The molecule has 0 N–H and O–H groups in total. The summed E-state index contributed by atoms with van der Waals surface area (Å²) >= 11 is 0. The molecule has 0 saturated heterocycles. The zero-order chi connectivity index (χ0) is 13.7. The SMILES string of the molecule is CC(C)N1C(C(C)(C)C)c2ccccc2S1(=O)=O. The lowest BCUT2D eigenvalue weighted by Gasteiger charge is -2.36. The molecule has 1 aromatic carbocycles. The molecule has 3 nitrogen and oxygen atoms in total. The summed E-state index contributed by atoms with van der Waals surface area (Å²) in [6.07, 6.45) is 0. The van der Waals surface area contributed by atoms with Gasteiger partial charge >= 0.3 is 0 Å². The summed E-state index contributed by atoms with van der Waals surface area (Å²) in [7, 11) is -3.34. The van der Waals surface area contributed by atoms with Gasteiger partial charge in [-0.2, -0.15) is 4.31 Å². The number of benzene rings is 1. The van der Waals surface area contributed by atoms with Gasteiger partial charge in [0.2, 0.25) is 10.0 Å². The van der Waals surface area contributed by atoms with Crippen LogP contribution in [-0.2, 0) is 10.0 Å². The number of fused-ring (bicyclic) bond motifs is 1. The first-order valence-electron chi connectivity index (χ1n) is 6.30. The second-order valence-corrected chi connectivity index (χ2v) is 8.05. The Hall–Kier alpha value is -0.870. The van der Waals surface area contributed by atoms with Crippen LogP contribution in [0.5, 0.6) is 0 Å². The zero-order valence-electron chi connectivity index (χ0n) is 11.6. The van der Waals surface area contributed by atoms with Crippen LogP contribution in [0.4, 0.5) is 0 Å². The van der Waals surface area contributed by atoms with E-state index in [4.69, 9.17) is 0 Å². The quantitative estimate of drug-likeness (QED) is 0.783. The number of rotatable bonds is 1. The summed E-state index contributed by atoms with van der Waals surface area (Å²) < 4.78 is 26.9. The first-order valence-corrected chi connectivity index (χ1v) is 7.74. The van der Waals surface area contributed by atoms with Crippen LogP contribution in [-0.4, -0.2) is 18.8 Å². The number of nitrogens with zero attached hydrogens (tertiary/aromatic N) is 1. The molecule has 1 aliphatic heterocycles. The van der Waals surface area contributed by atoms with Crippen molar-refractivity contribution in [3.8, 4) is 0 Å². The molecule has 1 aromatic rings. The molecule has 0 spiro atoms. The first-order chi connectivity index (χ1) is 8.17. The van der Waals surface area contributed by atoms with Crippen LogP contribution in [0.15, 0.2) is 29.2 Å². The molecule has 0 fully saturated rings. The lowest BCUT2D eigenvalue weighted by atomic mass is 9.82. The van der Waals surface area contributed by atoms with E-state index in [1.807, 2.05) is 26.0 Å². The van der Waals surface area contributed by atoms with Crippen LogP contribution >= 0.6 is 0 Å². The minimum Gasteiger partial charge on any atom is -0.207 e. The van der Waals surface area contributed by atoms with Crippen molar-refractivity contribution in [1.82, 2.24) is 4.31 Å². The Morgan fingerprint density at radius 1 is 1.17 bits per heavy atom. The van der Waals surface area contributed by atoms with Crippen molar-refractivity contribution in [2.45, 2.75) is 51.6 Å². The highest BCUT2D eigenvalue weighted by Crippen LogP contribution is 2.49. The van der Waals surface area contributed by atoms with Crippen molar-refractivity contribution < 1.29 is 8.42 Å². The van der Waals surface area contributed by atoms with Gasteiger partial charge in [0.1, 0.15) is 0 Å². The van der Waals surface area contributed by atoms with Gasteiger partial charge < -0.3 is 0 Å². The minimum atomic E-state index is -3.34. The molecule has 1 heterocycles. The molecule has 100 valence electrons. The summed E-state index contributed by atoms with van der Waals surface area (Å²) in [5.74, 6) is 0. The van der Waals surface area contributed by atoms with Crippen molar-refractivity contribution >= 4 is 10.0 Å². The van der Waals surface area contributed by atoms with Crippen LogP contribution < -0.4 is 0 Å². The van der Waals surface area contributed by atoms with E-state index < -0.39 is 10.0 Å². The molecule has 1 aliphatic rings. The van der Waals surface area contributed by atoms with E-state index in [0.717, 1.165) is 5.56 Å². The Labute approximate surface area is 110 Å². The van der Waals surface area contributed by atoms with Gasteiger partial charge in [0.05, 0.1) is 10.9 Å². The third kappa shape index (κ3) is 1.88. The van der Waals surface area contributed by atoms with Gasteiger partial charge in [-0.1, -0.05) is 39.0 Å². The fourth-order valence-electron chi connectivity index (χ4n) is 2.75. The minimum absolute atomic E-state index is 0.0355. The van der Waals surface area contributed by atoms with Gasteiger partial charge in [0, 0.05) is 6.04 Å². The first kappa shape index (κ1) is 13.6.